The summed E-state index contributed by atoms with van der Waals surface area (Å²) < 4.78 is 10.2. The van der Waals surface area contributed by atoms with Gasteiger partial charge in [-0.1, -0.05) is 4.49 Å². The molecule has 2 aromatic heterocycles. The van der Waals surface area contributed by atoms with E-state index in [1.165, 1.54) is 11.5 Å². The Bertz CT molecular complexity index is 639. The molecule has 0 atom stereocenters. The molecular weight excluding hydrogens is 249 g/mol. The highest BCUT2D eigenvalue weighted by Crippen LogP contribution is 2.27. The summed E-state index contributed by atoms with van der Waals surface area (Å²) in [7, 11) is 7.01. The summed E-state index contributed by atoms with van der Waals surface area (Å²) >= 11 is 1.21. The fourth-order valence-corrected chi connectivity index (χ4v) is 1.91. The highest BCUT2D eigenvalue weighted by molar-refractivity contribution is 7.05. The monoisotopic (exact) mass is 257 g/mol. The second-order valence-corrected chi connectivity index (χ2v) is 4.44. The maximum atomic E-state index is 9.24. The zero-order valence-corrected chi connectivity index (χ0v) is 10.6. The van der Waals surface area contributed by atoms with E-state index >= 15 is 0 Å². The van der Waals surface area contributed by atoms with E-state index in [-0.39, 0.29) is 11.3 Å². The SMILES string of the molecule is [B]OC(=C(C#N)c1ccn(C)n1)c1nnsc1C. The van der Waals surface area contributed by atoms with Crippen molar-refractivity contribution in [1.29, 1.82) is 5.26 Å². The lowest BCUT2D eigenvalue weighted by Gasteiger charge is -2.06. The number of nitriles is 1. The van der Waals surface area contributed by atoms with Gasteiger partial charge in [-0.2, -0.15) is 10.4 Å². The Hall–Kier alpha value is -2.14. The van der Waals surface area contributed by atoms with E-state index in [2.05, 4.69) is 14.7 Å². The highest BCUT2D eigenvalue weighted by Gasteiger charge is 2.18. The van der Waals surface area contributed by atoms with Gasteiger partial charge in [0.25, 0.3) is 0 Å². The number of aryl methyl sites for hydroxylation is 2. The van der Waals surface area contributed by atoms with Gasteiger partial charge in [0.15, 0.2) is 0 Å². The molecule has 0 aliphatic heterocycles. The first-order chi connectivity index (χ1) is 8.67. The summed E-state index contributed by atoms with van der Waals surface area (Å²) in [5.74, 6) is 0.183. The molecule has 0 fully saturated rings. The van der Waals surface area contributed by atoms with E-state index in [1.807, 2.05) is 13.0 Å². The molecule has 2 radical (unpaired) electrons. The highest BCUT2D eigenvalue weighted by atomic mass is 32.1. The Labute approximate surface area is 109 Å². The largest absolute Gasteiger partial charge is 0.565 e. The van der Waals surface area contributed by atoms with Crippen LogP contribution in [0.3, 0.4) is 0 Å². The van der Waals surface area contributed by atoms with Gasteiger partial charge < -0.3 is 4.65 Å². The van der Waals surface area contributed by atoms with Crippen LogP contribution in [0.4, 0.5) is 0 Å². The van der Waals surface area contributed by atoms with Crippen LogP contribution in [0.1, 0.15) is 16.3 Å². The maximum absolute atomic E-state index is 9.24. The summed E-state index contributed by atoms with van der Waals surface area (Å²) in [6, 6.07) is 3.73. The molecule has 2 rings (SSSR count). The third kappa shape index (κ3) is 2.12. The molecule has 8 heteroatoms. The second-order valence-electron chi connectivity index (χ2n) is 3.49. The van der Waals surface area contributed by atoms with Gasteiger partial charge in [-0.25, -0.2) is 0 Å². The van der Waals surface area contributed by atoms with Crippen LogP contribution in [-0.4, -0.2) is 27.4 Å². The Kier molecular flexibility index (Phi) is 3.44. The van der Waals surface area contributed by atoms with Crippen molar-refractivity contribution in [3.63, 3.8) is 0 Å². The molecule has 2 aromatic rings. The zero-order chi connectivity index (χ0) is 13.1. The van der Waals surface area contributed by atoms with Crippen molar-refractivity contribution in [2.45, 2.75) is 6.92 Å². The van der Waals surface area contributed by atoms with Gasteiger partial charge in [0, 0.05) is 13.2 Å². The van der Waals surface area contributed by atoms with Gasteiger partial charge in [0.1, 0.15) is 28.8 Å². The van der Waals surface area contributed by atoms with Gasteiger partial charge >= 0.3 is 8.05 Å². The number of rotatable bonds is 3. The predicted octanol–water partition coefficient (Wildman–Crippen LogP) is 1.07. The minimum Gasteiger partial charge on any atom is -0.565 e. The Morgan fingerprint density at radius 3 is 2.83 bits per heavy atom. The van der Waals surface area contributed by atoms with E-state index in [1.54, 1.807) is 24.0 Å². The van der Waals surface area contributed by atoms with Crippen LogP contribution in [0.15, 0.2) is 12.3 Å². The fourth-order valence-electron chi connectivity index (χ4n) is 1.45. The van der Waals surface area contributed by atoms with Crippen LogP contribution in [0, 0.1) is 18.3 Å². The third-order valence-electron chi connectivity index (χ3n) is 2.29. The Balaban J connectivity index is 2.61. The van der Waals surface area contributed by atoms with E-state index in [0.29, 0.717) is 11.4 Å². The van der Waals surface area contributed by atoms with Crippen molar-refractivity contribution >= 4 is 30.9 Å². The van der Waals surface area contributed by atoms with Crippen LogP contribution < -0.4 is 0 Å². The Morgan fingerprint density at radius 1 is 1.61 bits per heavy atom. The van der Waals surface area contributed by atoms with E-state index in [9.17, 15) is 5.26 Å². The van der Waals surface area contributed by atoms with Crippen LogP contribution in [-0.2, 0) is 11.7 Å². The summed E-state index contributed by atoms with van der Waals surface area (Å²) in [5, 5.41) is 17.3. The van der Waals surface area contributed by atoms with Crippen LogP contribution >= 0.6 is 11.5 Å². The first-order valence-corrected chi connectivity index (χ1v) is 5.75. The van der Waals surface area contributed by atoms with Crippen LogP contribution in [0.5, 0.6) is 0 Å². The van der Waals surface area contributed by atoms with Crippen molar-refractivity contribution in [3.8, 4) is 6.07 Å². The third-order valence-corrected chi connectivity index (χ3v) is 2.92. The average molecular weight is 257 g/mol. The quantitative estimate of drug-likeness (QED) is 0.467. The zero-order valence-electron chi connectivity index (χ0n) is 9.78. The molecule has 0 saturated heterocycles. The molecular formula is C10H8BN5OS. The molecule has 0 bridgehead atoms. The van der Waals surface area contributed by atoms with Gasteiger partial charge in [-0.15, -0.1) is 5.10 Å². The normalized spacial score (nSPS) is 11.8. The summed E-state index contributed by atoms with van der Waals surface area (Å²) in [4.78, 5) is 0.819. The molecule has 0 amide bonds. The van der Waals surface area contributed by atoms with Crippen LogP contribution in [0.2, 0.25) is 0 Å². The first kappa shape index (κ1) is 12.3. The standard InChI is InChI=1S/C10H8BN5OS/c1-6-9(13-15-18-6)10(17-11)7(5-12)8-3-4-16(2)14-8/h3-4H,1-2H3. The summed E-state index contributed by atoms with van der Waals surface area (Å²) in [6.07, 6.45) is 1.73. The molecule has 0 aromatic carbocycles. The van der Waals surface area contributed by atoms with Gasteiger partial charge in [-0.05, 0) is 24.5 Å². The molecule has 18 heavy (non-hydrogen) atoms. The number of aromatic nitrogens is 4. The maximum Gasteiger partial charge on any atom is 0.374 e. The van der Waals surface area contributed by atoms with Crippen molar-refractivity contribution in [2.24, 2.45) is 7.05 Å². The Morgan fingerprint density at radius 2 is 2.39 bits per heavy atom. The van der Waals surface area contributed by atoms with E-state index < -0.39 is 0 Å². The van der Waals surface area contributed by atoms with Gasteiger partial charge in [-0.3, -0.25) is 4.68 Å². The van der Waals surface area contributed by atoms with Gasteiger partial charge in [0.2, 0.25) is 0 Å². The topological polar surface area (TPSA) is 76.6 Å². The van der Waals surface area contributed by atoms with E-state index in [4.69, 9.17) is 12.7 Å². The van der Waals surface area contributed by atoms with Crippen molar-refractivity contribution in [3.05, 3.63) is 28.5 Å². The first-order valence-electron chi connectivity index (χ1n) is 4.97. The number of hydrogen-bond acceptors (Lipinski definition) is 6. The molecule has 0 N–H and O–H groups in total. The number of allylic oxidation sites excluding steroid dienone is 1. The van der Waals surface area contributed by atoms with Crippen molar-refractivity contribution in [2.75, 3.05) is 0 Å². The molecule has 0 spiro atoms. The number of nitrogens with zero attached hydrogens (tertiary/aromatic N) is 5. The average Bonchev–Trinajstić information content (AvgIpc) is 2.95. The number of hydrogen-bond donors (Lipinski definition) is 0. The minimum absolute atomic E-state index is 0.183. The fraction of sp³-hybridized carbons (Fsp3) is 0.200. The smallest absolute Gasteiger partial charge is 0.374 e. The molecule has 2 heterocycles. The predicted molar refractivity (Wildman–Crippen MR) is 67.1 cm³/mol. The summed E-state index contributed by atoms with van der Waals surface area (Å²) in [6.45, 7) is 1.83. The molecule has 0 unspecified atom stereocenters. The molecule has 0 aliphatic rings. The van der Waals surface area contributed by atoms with Gasteiger partial charge in [0.05, 0.1) is 4.88 Å². The van der Waals surface area contributed by atoms with E-state index in [0.717, 1.165) is 4.88 Å². The molecule has 0 aliphatic carbocycles. The summed E-state index contributed by atoms with van der Waals surface area (Å²) in [5.41, 5.74) is 1.17. The lowest BCUT2D eigenvalue weighted by molar-refractivity contribution is 0.569. The molecule has 6 nitrogen and oxygen atoms in total. The van der Waals surface area contributed by atoms with Crippen molar-refractivity contribution in [1.82, 2.24) is 19.4 Å². The lowest BCUT2D eigenvalue weighted by atomic mass is 10.1. The lowest BCUT2D eigenvalue weighted by Crippen LogP contribution is -1.98. The van der Waals surface area contributed by atoms with Crippen LogP contribution in [0.25, 0.3) is 11.3 Å². The molecule has 88 valence electrons. The molecule has 0 saturated carbocycles. The second kappa shape index (κ2) is 5.02. The van der Waals surface area contributed by atoms with Crippen molar-refractivity contribution < 1.29 is 4.65 Å². The minimum atomic E-state index is 0.183.